The number of hydrogen-bond acceptors (Lipinski definition) is 3. The van der Waals surface area contributed by atoms with Crippen LogP contribution in [0.15, 0.2) is 29.2 Å². The van der Waals surface area contributed by atoms with Gasteiger partial charge in [-0.05, 0) is 36.4 Å². The minimum atomic E-state index is -3.49. The highest BCUT2D eigenvalue weighted by molar-refractivity contribution is 8.05. The van der Waals surface area contributed by atoms with Crippen molar-refractivity contribution in [3.63, 3.8) is 0 Å². The maximum absolute atomic E-state index is 10.9. The zero-order chi connectivity index (χ0) is 11.3. The molecule has 0 bridgehead atoms. The summed E-state index contributed by atoms with van der Waals surface area (Å²) in [6.07, 6.45) is -2.36. The maximum atomic E-state index is 10.9. The lowest BCUT2D eigenvalue weighted by molar-refractivity contribution is 0.513. The van der Waals surface area contributed by atoms with Crippen molar-refractivity contribution >= 4 is 40.3 Å². The summed E-state index contributed by atoms with van der Waals surface area (Å²) in [4.78, 5) is 1.14. The largest absolute Gasteiger partial charge is 0.428 e. The van der Waals surface area contributed by atoms with Crippen molar-refractivity contribution in [3.8, 4) is 5.75 Å². The normalized spacial score (nSPS) is 11.4. The average Bonchev–Trinajstić information content (AvgIpc) is 2.14. The lowest BCUT2D eigenvalue weighted by Crippen LogP contribution is -1.82. The molecular formula is C9H11Cl2O2PS. The molecule has 0 spiro atoms. The molecule has 1 aromatic rings. The van der Waals surface area contributed by atoms with Gasteiger partial charge in [0, 0.05) is 27.4 Å². The molecule has 0 aliphatic heterocycles. The third-order valence-electron chi connectivity index (χ3n) is 1.51. The Morgan fingerprint density at radius 1 is 1.33 bits per heavy atom. The van der Waals surface area contributed by atoms with Crippen molar-refractivity contribution in [1.82, 2.24) is 0 Å². The van der Waals surface area contributed by atoms with E-state index in [1.54, 1.807) is 23.9 Å². The van der Waals surface area contributed by atoms with Gasteiger partial charge in [0.05, 0.1) is 0 Å². The molecule has 1 aromatic carbocycles. The quantitative estimate of drug-likeness (QED) is 0.552. The Kier molecular flexibility index (Phi) is 5.34. The van der Waals surface area contributed by atoms with E-state index in [9.17, 15) is 4.57 Å². The SMILES string of the molecule is CCCSc1ccc(OP(=O)(Cl)Cl)cc1. The van der Waals surface area contributed by atoms with Crippen LogP contribution in [0.5, 0.6) is 5.75 Å². The van der Waals surface area contributed by atoms with Gasteiger partial charge in [0.2, 0.25) is 0 Å². The van der Waals surface area contributed by atoms with Crippen molar-refractivity contribution in [2.75, 3.05) is 5.75 Å². The van der Waals surface area contributed by atoms with Crippen LogP contribution in [0, 0.1) is 0 Å². The molecule has 0 unspecified atom stereocenters. The molecule has 15 heavy (non-hydrogen) atoms. The summed E-state index contributed by atoms with van der Waals surface area (Å²) in [7, 11) is 0. The van der Waals surface area contributed by atoms with E-state index in [1.165, 1.54) is 0 Å². The van der Waals surface area contributed by atoms with Crippen LogP contribution < -0.4 is 4.52 Å². The Balaban J connectivity index is 2.60. The fourth-order valence-electron chi connectivity index (χ4n) is 0.939. The molecule has 84 valence electrons. The molecule has 0 fully saturated rings. The van der Waals surface area contributed by atoms with E-state index >= 15 is 0 Å². The summed E-state index contributed by atoms with van der Waals surface area (Å²) in [6.45, 7) is 2.13. The smallest absolute Gasteiger partial charge is 0.422 e. The monoisotopic (exact) mass is 284 g/mol. The molecule has 0 radical (unpaired) electrons. The van der Waals surface area contributed by atoms with E-state index in [2.05, 4.69) is 6.92 Å². The first-order chi connectivity index (χ1) is 7.01. The lowest BCUT2D eigenvalue weighted by Gasteiger charge is -2.06. The molecule has 0 atom stereocenters. The zero-order valence-corrected chi connectivity index (χ0v) is 11.4. The molecule has 0 aliphatic rings. The molecule has 2 nitrogen and oxygen atoms in total. The van der Waals surface area contributed by atoms with Crippen molar-refractivity contribution in [2.24, 2.45) is 0 Å². The van der Waals surface area contributed by atoms with Gasteiger partial charge >= 0.3 is 6.07 Å². The van der Waals surface area contributed by atoms with Crippen LogP contribution >= 0.6 is 40.3 Å². The Morgan fingerprint density at radius 3 is 2.40 bits per heavy atom. The highest BCUT2D eigenvalue weighted by Gasteiger charge is 2.15. The van der Waals surface area contributed by atoms with Crippen molar-refractivity contribution < 1.29 is 9.09 Å². The van der Waals surface area contributed by atoms with Crippen molar-refractivity contribution in [2.45, 2.75) is 18.2 Å². The topological polar surface area (TPSA) is 26.3 Å². The molecule has 0 N–H and O–H groups in total. The van der Waals surface area contributed by atoms with Crippen LogP contribution in [-0.4, -0.2) is 5.75 Å². The van der Waals surface area contributed by atoms with Crippen LogP contribution in [0.25, 0.3) is 0 Å². The average molecular weight is 285 g/mol. The zero-order valence-electron chi connectivity index (χ0n) is 8.15. The number of thioether (sulfide) groups is 1. The van der Waals surface area contributed by atoms with E-state index in [0.717, 1.165) is 17.1 Å². The van der Waals surface area contributed by atoms with E-state index in [1.807, 2.05) is 12.1 Å². The van der Waals surface area contributed by atoms with Gasteiger partial charge < -0.3 is 4.52 Å². The summed E-state index contributed by atoms with van der Waals surface area (Å²) >= 11 is 12.3. The van der Waals surface area contributed by atoms with E-state index in [4.69, 9.17) is 27.0 Å². The minimum absolute atomic E-state index is 0.421. The highest BCUT2D eigenvalue weighted by Crippen LogP contribution is 2.57. The van der Waals surface area contributed by atoms with Crippen LogP contribution in [0.2, 0.25) is 0 Å². The number of benzene rings is 1. The number of hydrogen-bond donors (Lipinski definition) is 0. The van der Waals surface area contributed by atoms with Crippen LogP contribution in [0.3, 0.4) is 0 Å². The fraction of sp³-hybridized carbons (Fsp3) is 0.333. The Bertz CT molecular complexity index is 350. The Morgan fingerprint density at radius 2 is 1.93 bits per heavy atom. The van der Waals surface area contributed by atoms with Gasteiger partial charge in [0.25, 0.3) is 0 Å². The van der Waals surface area contributed by atoms with E-state index in [-0.39, 0.29) is 0 Å². The molecule has 0 saturated heterocycles. The van der Waals surface area contributed by atoms with Gasteiger partial charge in [-0.2, -0.15) is 0 Å². The standard InChI is InChI=1S/C9H11Cl2O2PS/c1-2-7-15-9-5-3-8(4-6-9)13-14(10,11)12/h3-6H,2,7H2,1H3. The van der Waals surface area contributed by atoms with Crippen molar-refractivity contribution in [3.05, 3.63) is 24.3 Å². The summed E-state index contributed by atoms with van der Waals surface area (Å²) in [5.41, 5.74) is 0. The summed E-state index contributed by atoms with van der Waals surface area (Å²) in [5, 5.41) is 0. The number of halogens is 2. The molecule has 0 aliphatic carbocycles. The molecule has 0 amide bonds. The summed E-state index contributed by atoms with van der Waals surface area (Å²) < 4.78 is 15.8. The van der Waals surface area contributed by atoms with Gasteiger partial charge in [0.1, 0.15) is 5.75 Å². The molecular weight excluding hydrogens is 274 g/mol. The van der Waals surface area contributed by atoms with E-state index in [0.29, 0.717) is 5.75 Å². The summed E-state index contributed by atoms with van der Waals surface area (Å²) in [6, 6.07) is 7.18. The third kappa shape index (κ3) is 5.72. The first-order valence-electron chi connectivity index (χ1n) is 4.43. The van der Waals surface area contributed by atoms with Crippen LogP contribution in [-0.2, 0) is 4.57 Å². The van der Waals surface area contributed by atoms with Crippen molar-refractivity contribution in [1.29, 1.82) is 0 Å². The predicted octanol–water partition coefficient (Wildman–Crippen LogP) is 5.15. The van der Waals surface area contributed by atoms with Crippen LogP contribution in [0.4, 0.5) is 0 Å². The maximum Gasteiger partial charge on any atom is 0.428 e. The first-order valence-corrected chi connectivity index (χ1v) is 8.85. The lowest BCUT2D eigenvalue weighted by atomic mass is 10.3. The first kappa shape index (κ1) is 13.2. The van der Waals surface area contributed by atoms with Gasteiger partial charge in [-0.15, -0.1) is 11.8 Å². The third-order valence-corrected chi connectivity index (χ3v) is 3.56. The van der Waals surface area contributed by atoms with Gasteiger partial charge in [-0.25, -0.2) is 4.57 Å². The Hall–Kier alpha value is 0.180. The molecule has 1 rings (SSSR count). The van der Waals surface area contributed by atoms with Gasteiger partial charge in [-0.1, -0.05) is 6.92 Å². The summed E-state index contributed by atoms with van der Waals surface area (Å²) in [5.74, 6) is 1.49. The minimum Gasteiger partial charge on any atom is -0.422 e. The molecule has 0 aromatic heterocycles. The predicted molar refractivity (Wildman–Crippen MR) is 67.4 cm³/mol. The van der Waals surface area contributed by atoms with Gasteiger partial charge in [-0.3, -0.25) is 0 Å². The van der Waals surface area contributed by atoms with Gasteiger partial charge in [0.15, 0.2) is 0 Å². The second-order valence-electron chi connectivity index (χ2n) is 2.83. The second kappa shape index (κ2) is 6.05. The molecule has 6 heteroatoms. The fourth-order valence-corrected chi connectivity index (χ4v) is 2.55. The van der Waals surface area contributed by atoms with E-state index < -0.39 is 6.07 Å². The second-order valence-corrected chi connectivity index (χ2v) is 8.19. The van der Waals surface area contributed by atoms with Crippen LogP contribution in [0.1, 0.15) is 13.3 Å². The Labute approximate surface area is 103 Å². The highest BCUT2D eigenvalue weighted by atomic mass is 35.9. The number of rotatable bonds is 5. The molecule has 0 saturated carbocycles. The molecule has 0 heterocycles.